The highest BCUT2D eigenvalue weighted by atomic mass is 35.5. The third kappa shape index (κ3) is 7.54. The van der Waals surface area contributed by atoms with E-state index in [1.807, 2.05) is 0 Å². The third-order valence-electron chi connectivity index (χ3n) is 4.04. The minimum absolute atomic E-state index is 0.0574. The Kier molecular flexibility index (Phi) is 8.89. The van der Waals surface area contributed by atoms with E-state index in [0.717, 1.165) is 5.56 Å². The van der Waals surface area contributed by atoms with E-state index in [4.69, 9.17) is 27.9 Å². The lowest BCUT2D eigenvalue weighted by Crippen LogP contribution is -2.44. The van der Waals surface area contributed by atoms with Crippen LogP contribution < -0.4 is 10.6 Å². The molecule has 0 bridgehead atoms. The summed E-state index contributed by atoms with van der Waals surface area (Å²) in [5.74, 6) is -1.20. The maximum atomic E-state index is 12.5. The van der Waals surface area contributed by atoms with Gasteiger partial charge in [0.25, 0.3) is 0 Å². The average Bonchev–Trinajstić information content (AvgIpc) is 2.68. The number of benzene rings is 2. The molecule has 2 aromatic rings. The second-order valence-electron chi connectivity index (χ2n) is 6.42. The molecule has 2 aromatic carbocycles. The van der Waals surface area contributed by atoms with Gasteiger partial charge >= 0.3 is 5.97 Å². The molecule has 0 fully saturated rings. The maximum Gasteiger partial charge on any atom is 0.328 e. The standard InChI is InChI=1S/C22H22Cl2N2O4/c1-3-20(27)25-18-7-5-14(6-8-18)12-21(28)26-19(22(29)30-4-2)11-15-9-16(23)13-17(24)10-15/h3,5-10,13,19H,1,4,11-12H2,2H3,(H,25,27)(H,26,28). The third-order valence-corrected chi connectivity index (χ3v) is 4.48. The summed E-state index contributed by atoms with van der Waals surface area (Å²) in [5.41, 5.74) is 2.01. The molecule has 0 aliphatic carbocycles. The summed E-state index contributed by atoms with van der Waals surface area (Å²) < 4.78 is 5.08. The largest absolute Gasteiger partial charge is 0.464 e. The summed E-state index contributed by atoms with van der Waals surface area (Å²) in [7, 11) is 0. The number of hydrogen-bond donors (Lipinski definition) is 2. The van der Waals surface area contributed by atoms with Crippen LogP contribution in [0.2, 0.25) is 10.0 Å². The first-order valence-corrected chi connectivity index (χ1v) is 9.99. The molecule has 6 nitrogen and oxygen atoms in total. The van der Waals surface area contributed by atoms with Crippen molar-refractivity contribution in [2.75, 3.05) is 11.9 Å². The minimum atomic E-state index is -0.877. The van der Waals surface area contributed by atoms with Crippen molar-refractivity contribution in [3.8, 4) is 0 Å². The fourth-order valence-electron chi connectivity index (χ4n) is 2.73. The topological polar surface area (TPSA) is 84.5 Å². The second-order valence-corrected chi connectivity index (χ2v) is 7.29. The van der Waals surface area contributed by atoms with E-state index < -0.39 is 12.0 Å². The Labute approximate surface area is 185 Å². The Balaban J connectivity index is 2.05. The van der Waals surface area contributed by atoms with Crippen LogP contribution in [0.25, 0.3) is 0 Å². The van der Waals surface area contributed by atoms with Crippen LogP contribution in [-0.4, -0.2) is 30.4 Å². The molecule has 8 heteroatoms. The Bertz CT molecular complexity index is 909. The zero-order valence-electron chi connectivity index (χ0n) is 16.4. The van der Waals surface area contributed by atoms with Gasteiger partial charge in [-0.05, 0) is 54.5 Å². The van der Waals surface area contributed by atoms with Crippen molar-refractivity contribution < 1.29 is 19.1 Å². The Hall–Kier alpha value is -2.83. The SMILES string of the molecule is C=CC(=O)Nc1ccc(CC(=O)NC(Cc2cc(Cl)cc(Cl)c2)C(=O)OCC)cc1. The van der Waals surface area contributed by atoms with Crippen molar-refractivity contribution in [2.45, 2.75) is 25.8 Å². The molecular weight excluding hydrogens is 427 g/mol. The van der Waals surface area contributed by atoms with Crippen molar-refractivity contribution in [1.29, 1.82) is 0 Å². The Morgan fingerprint density at radius 1 is 1.07 bits per heavy atom. The Morgan fingerprint density at radius 2 is 1.70 bits per heavy atom. The van der Waals surface area contributed by atoms with E-state index in [9.17, 15) is 14.4 Å². The summed E-state index contributed by atoms with van der Waals surface area (Å²) >= 11 is 12.0. The van der Waals surface area contributed by atoms with E-state index in [-0.39, 0.29) is 31.3 Å². The predicted octanol–water partition coefficient (Wildman–Crippen LogP) is 3.95. The second kappa shape index (κ2) is 11.4. The molecule has 0 aliphatic heterocycles. The van der Waals surface area contributed by atoms with Crippen LogP contribution in [-0.2, 0) is 32.0 Å². The molecule has 30 heavy (non-hydrogen) atoms. The van der Waals surface area contributed by atoms with Gasteiger partial charge in [-0.1, -0.05) is 41.9 Å². The number of halogens is 2. The number of esters is 1. The molecule has 1 unspecified atom stereocenters. The smallest absolute Gasteiger partial charge is 0.328 e. The first-order valence-electron chi connectivity index (χ1n) is 9.24. The van der Waals surface area contributed by atoms with Crippen LogP contribution in [0.3, 0.4) is 0 Å². The minimum Gasteiger partial charge on any atom is -0.464 e. The number of ether oxygens (including phenoxy) is 1. The van der Waals surface area contributed by atoms with E-state index >= 15 is 0 Å². The van der Waals surface area contributed by atoms with Gasteiger partial charge in [0, 0.05) is 22.2 Å². The molecule has 1 atom stereocenters. The van der Waals surface area contributed by atoms with E-state index in [0.29, 0.717) is 21.3 Å². The van der Waals surface area contributed by atoms with Crippen molar-refractivity contribution in [3.05, 3.63) is 76.3 Å². The van der Waals surface area contributed by atoms with E-state index in [1.54, 1.807) is 49.4 Å². The highest BCUT2D eigenvalue weighted by molar-refractivity contribution is 6.34. The highest BCUT2D eigenvalue weighted by Gasteiger charge is 2.23. The van der Waals surface area contributed by atoms with Gasteiger partial charge < -0.3 is 15.4 Å². The first kappa shape index (κ1) is 23.4. The number of hydrogen-bond acceptors (Lipinski definition) is 4. The first-order chi connectivity index (χ1) is 14.3. The fourth-order valence-corrected chi connectivity index (χ4v) is 3.30. The summed E-state index contributed by atoms with van der Waals surface area (Å²) in [6, 6.07) is 10.9. The molecule has 0 aliphatic rings. The molecule has 0 radical (unpaired) electrons. The van der Waals surface area contributed by atoms with Crippen molar-refractivity contribution in [1.82, 2.24) is 5.32 Å². The number of carbonyl (C=O) groups excluding carboxylic acids is 3. The van der Waals surface area contributed by atoms with Gasteiger partial charge in [0.1, 0.15) is 6.04 Å². The molecule has 2 amide bonds. The number of amides is 2. The molecule has 0 saturated carbocycles. The lowest BCUT2D eigenvalue weighted by molar-refractivity contribution is -0.147. The summed E-state index contributed by atoms with van der Waals surface area (Å²) in [5, 5.41) is 6.22. The van der Waals surface area contributed by atoms with Crippen LogP contribution in [0.1, 0.15) is 18.1 Å². The lowest BCUT2D eigenvalue weighted by atomic mass is 10.0. The zero-order chi connectivity index (χ0) is 22.1. The van der Waals surface area contributed by atoms with Gasteiger partial charge in [0.05, 0.1) is 13.0 Å². The van der Waals surface area contributed by atoms with Crippen molar-refractivity contribution in [2.24, 2.45) is 0 Å². The molecular formula is C22H22Cl2N2O4. The van der Waals surface area contributed by atoms with Gasteiger partial charge in [-0.15, -0.1) is 0 Å². The van der Waals surface area contributed by atoms with Crippen molar-refractivity contribution >= 4 is 46.7 Å². The van der Waals surface area contributed by atoms with E-state index in [2.05, 4.69) is 17.2 Å². The molecule has 2 rings (SSSR count). The molecule has 0 spiro atoms. The molecule has 0 saturated heterocycles. The van der Waals surface area contributed by atoms with Gasteiger partial charge in [0.2, 0.25) is 11.8 Å². The van der Waals surface area contributed by atoms with Crippen LogP contribution >= 0.6 is 23.2 Å². The maximum absolute atomic E-state index is 12.5. The predicted molar refractivity (Wildman–Crippen MR) is 118 cm³/mol. The number of nitrogens with one attached hydrogen (secondary N) is 2. The van der Waals surface area contributed by atoms with Crippen LogP contribution in [0.4, 0.5) is 5.69 Å². The Morgan fingerprint density at radius 3 is 2.27 bits per heavy atom. The lowest BCUT2D eigenvalue weighted by Gasteiger charge is -2.18. The average molecular weight is 449 g/mol. The number of rotatable bonds is 9. The van der Waals surface area contributed by atoms with Crippen LogP contribution in [0, 0.1) is 0 Å². The molecule has 158 valence electrons. The highest BCUT2D eigenvalue weighted by Crippen LogP contribution is 2.20. The van der Waals surface area contributed by atoms with Gasteiger partial charge in [-0.25, -0.2) is 4.79 Å². The zero-order valence-corrected chi connectivity index (χ0v) is 17.9. The quantitative estimate of drug-likeness (QED) is 0.449. The normalized spacial score (nSPS) is 11.3. The molecule has 0 heterocycles. The monoisotopic (exact) mass is 448 g/mol. The van der Waals surface area contributed by atoms with Crippen LogP contribution in [0.15, 0.2) is 55.1 Å². The van der Waals surface area contributed by atoms with Gasteiger partial charge in [0.15, 0.2) is 0 Å². The summed E-state index contributed by atoms with van der Waals surface area (Å²) in [6.45, 7) is 5.28. The fraction of sp³-hybridized carbons (Fsp3) is 0.227. The number of anilines is 1. The van der Waals surface area contributed by atoms with Gasteiger partial charge in [-0.2, -0.15) is 0 Å². The number of carbonyl (C=O) groups is 3. The summed E-state index contributed by atoms with van der Waals surface area (Å²) in [6.07, 6.45) is 1.42. The molecule has 2 N–H and O–H groups in total. The van der Waals surface area contributed by atoms with Crippen molar-refractivity contribution in [3.63, 3.8) is 0 Å². The van der Waals surface area contributed by atoms with Gasteiger partial charge in [-0.3, -0.25) is 9.59 Å². The van der Waals surface area contributed by atoms with E-state index in [1.165, 1.54) is 6.08 Å². The van der Waals surface area contributed by atoms with Crippen LogP contribution in [0.5, 0.6) is 0 Å². The molecule has 0 aromatic heterocycles. The summed E-state index contributed by atoms with van der Waals surface area (Å²) in [4.78, 5) is 36.2.